The zero-order valence-corrected chi connectivity index (χ0v) is 10.1. The summed E-state index contributed by atoms with van der Waals surface area (Å²) in [7, 11) is 3.39. The maximum absolute atomic E-state index is 5.24. The van der Waals surface area contributed by atoms with Crippen LogP contribution in [0.1, 0.15) is 6.42 Å². The van der Waals surface area contributed by atoms with Crippen LogP contribution in [-0.2, 0) is 4.74 Å². The van der Waals surface area contributed by atoms with E-state index in [1.807, 2.05) is 30.3 Å². The van der Waals surface area contributed by atoms with Crippen LogP contribution in [-0.4, -0.2) is 20.3 Å². The summed E-state index contributed by atoms with van der Waals surface area (Å²) in [5, 5.41) is 3.34. The molecule has 0 spiro atoms. The molecule has 1 aliphatic carbocycles. The van der Waals surface area contributed by atoms with E-state index in [0.717, 1.165) is 23.6 Å². The maximum Gasteiger partial charge on any atom is 0.119 e. The van der Waals surface area contributed by atoms with Gasteiger partial charge in [0, 0.05) is 18.5 Å². The van der Waals surface area contributed by atoms with Crippen LogP contribution in [0.3, 0.4) is 0 Å². The van der Waals surface area contributed by atoms with Gasteiger partial charge >= 0.3 is 0 Å². The van der Waals surface area contributed by atoms with Crippen LogP contribution in [0.2, 0.25) is 0 Å². The Morgan fingerprint density at radius 2 is 1.94 bits per heavy atom. The molecule has 1 atom stereocenters. The lowest BCUT2D eigenvalue weighted by Gasteiger charge is -2.16. The molecule has 0 fully saturated rings. The highest BCUT2D eigenvalue weighted by atomic mass is 16.5. The van der Waals surface area contributed by atoms with Crippen molar-refractivity contribution in [3.63, 3.8) is 0 Å². The van der Waals surface area contributed by atoms with Crippen LogP contribution in [0.4, 0.5) is 5.69 Å². The number of benzene rings is 1. The van der Waals surface area contributed by atoms with E-state index < -0.39 is 0 Å². The molecule has 0 radical (unpaired) electrons. The molecule has 3 nitrogen and oxygen atoms in total. The normalized spacial score (nSPS) is 18.7. The Morgan fingerprint density at radius 3 is 2.47 bits per heavy atom. The van der Waals surface area contributed by atoms with E-state index in [0.29, 0.717) is 0 Å². The Kier molecular flexibility index (Phi) is 3.83. The smallest absolute Gasteiger partial charge is 0.119 e. The largest absolute Gasteiger partial charge is 0.497 e. The van der Waals surface area contributed by atoms with Crippen LogP contribution < -0.4 is 10.1 Å². The molecule has 1 N–H and O–H groups in total. The molecule has 0 saturated carbocycles. The molecule has 0 aliphatic heterocycles. The minimum atomic E-state index is 0.205. The molecule has 0 saturated heterocycles. The molecule has 1 aromatic carbocycles. The lowest BCUT2D eigenvalue weighted by Crippen LogP contribution is -2.11. The molecule has 0 aromatic heterocycles. The number of anilines is 1. The molecule has 1 aromatic rings. The first kappa shape index (κ1) is 11.7. The maximum atomic E-state index is 5.24. The van der Waals surface area contributed by atoms with E-state index in [4.69, 9.17) is 9.47 Å². The van der Waals surface area contributed by atoms with Gasteiger partial charge in [-0.05, 0) is 36.8 Å². The van der Waals surface area contributed by atoms with Crippen molar-refractivity contribution in [1.82, 2.24) is 0 Å². The Morgan fingerprint density at radius 1 is 1.18 bits per heavy atom. The standard InChI is InChI=1S/C14H17NO2/c1-16-13-7-3-11(4-8-13)15-12-5-9-14(17-2)10-6-12/h3-9,14-15H,10H2,1-2H3. The molecule has 0 heterocycles. The predicted octanol–water partition coefficient (Wildman–Crippen LogP) is 2.97. The van der Waals surface area contributed by atoms with Gasteiger partial charge in [0.2, 0.25) is 0 Å². The number of nitrogens with one attached hydrogen (secondary N) is 1. The van der Waals surface area contributed by atoms with Gasteiger partial charge in [-0.15, -0.1) is 0 Å². The van der Waals surface area contributed by atoms with Gasteiger partial charge in [-0.25, -0.2) is 0 Å². The second-order valence-corrected chi connectivity index (χ2v) is 3.88. The fourth-order valence-corrected chi connectivity index (χ4v) is 1.71. The highest BCUT2D eigenvalue weighted by molar-refractivity contribution is 5.53. The number of ether oxygens (including phenoxy) is 2. The van der Waals surface area contributed by atoms with Gasteiger partial charge in [0.15, 0.2) is 0 Å². The van der Waals surface area contributed by atoms with Gasteiger partial charge in [0.25, 0.3) is 0 Å². The van der Waals surface area contributed by atoms with Crippen molar-refractivity contribution < 1.29 is 9.47 Å². The zero-order valence-electron chi connectivity index (χ0n) is 10.1. The first-order valence-corrected chi connectivity index (χ1v) is 5.64. The summed E-state index contributed by atoms with van der Waals surface area (Å²) in [6, 6.07) is 7.87. The number of allylic oxidation sites excluding steroid dienone is 1. The Balaban J connectivity index is 1.97. The summed E-state index contributed by atoms with van der Waals surface area (Å²) in [6.07, 6.45) is 7.36. The molecular formula is C14H17NO2. The summed E-state index contributed by atoms with van der Waals surface area (Å²) in [5.41, 5.74) is 2.15. The second kappa shape index (κ2) is 5.55. The molecule has 1 aliphatic rings. The van der Waals surface area contributed by atoms with Gasteiger partial charge < -0.3 is 14.8 Å². The fraction of sp³-hybridized carbons (Fsp3) is 0.286. The average molecular weight is 231 g/mol. The van der Waals surface area contributed by atoms with Crippen LogP contribution >= 0.6 is 0 Å². The van der Waals surface area contributed by atoms with Crippen molar-refractivity contribution in [1.29, 1.82) is 0 Å². The number of methoxy groups -OCH3 is 2. The van der Waals surface area contributed by atoms with Crippen LogP contribution in [0.5, 0.6) is 5.75 Å². The molecule has 3 heteroatoms. The van der Waals surface area contributed by atoms with Crippen molar-refractivity contribution in [2.75, 3.05) is 19.5 Å². The highest BCUT2D eigenvalue weighted by Crippen LogP contribution is 2.19. The number of rotatable bonds is 4. The molecule has 0 bridgehead atoms. The van der Waals surface area contributed by atoms with Crippen molar-refractivity contribution in [2.24, 2.45) is 0 Å². The molecule has 17 heavy (non-hydrogen) atoms. The van der Waals surface area contributed by atoms with E-state index >= 15 is 0 Å². The van der Waals surface area contributed by atoms with Gasteiger partial charge in [-0.3, -0.25) is 0 Å². The third-order valence-electron chi connectivity index (χ3n) is 2.74. The van der Waals surface area contributed by atoms with Crippen molar-refractivity contribution in [3.8, 4) is 5.75 Å². The van der Waals surface area contributed by atoms with Crippen LogP contribution in [0, 0.1) is 0 Å². The molecule has 90 valence electrons. The monoisotopic (exact) mass is 231 g/mol. The van der Waals surface area contributed by atoms with Gasteiger partial charge in [-0.2, -0.15) is 0 Å². The predicted molar refractivity (Wildman–Crippen MR) is 69.3 cm³/mol. The minimum absolute atomic E-state index is 0.205. The van der Waals surface area contributed by atoms with Gasteiger partial charge in [-0.1, -0.05) is 12.2 Å². The summed E-state index contributed by atoms with van der Waals surface area (Å²) < 4.78 is 10.4. The first-order chi connectivity index (χ1) is 8.31. The number of hydrogen-bond donors (Lipinski definition) is 1. The summed E-state index contributed by atoms with van der Waals surface area (Å²) in [5.74, 6) is 0.864. The van der Waals surface area contributed by atoms with Gasteiger partial charge in [0.05, 0.1) is 13.2 Å². The quantitative estimate of drug-likeness (QED) is 0.864. The van der Waals surface area contributed by atoms with Crippen molar-refractivity contribution in [3.05, 3.63) is 48.2 Å². The van der Waals surface area contributed by atoms with E-state index in [-0.39, 0.29) is 6.10 Å². The summed E-state index contributed by atoms with van der Waals surface area (Å²) >= 11 is 0. The van der Waals surface area contributed by atoms with E-state index in [1.165, 1.54) is 0 Å². The van der Waals surface area contributed by atoms with E-state index in [2.05, 4.69) is 17.5 Å². The minimum Gasteiger partial charge on any atom is -0.497 e. The molecular weight excluding hydrogens is 214 g/mol. The highest BCUT2D eigenvalue weighted by Gasteiger charge is 2.06. The molecule has 1 unspecified atom stereocenters. The van der Waals surface area contributed by atoms with Crippen LogP contribution in [0.25, 0.3) is 0 Å². The summed E-state index contributed by atoms with van der Waals surface area (Å²) in [4.78, 5) is 0. The lowest BCUT2D eigenvalue weighted by atomic mass is 10.1. The van der Waals surface area contributed by atoms with E-state index in [9.17, 15) is 0 Å². The molecule has 0 amide bonds. The topological polar surface area (TPSA) is 30.5 Å². The Bertz CT molecular complexity index is 420. The Hall–Kier alpha value is -1.74. The second-order valence-electron chi connectivity index (χ2n) is 3.88. The van der Waals surface area contributed by atoms with Crippen molar-refractivity contribution >= 4 is 5.69 Å². The third kappa shape index (κ3) is 3.11. The van der Waals surface area contributed by atoms with Crippen molar-refractivity contribution in [2.45, 2.75) is 12.5 Å². The SMILES string of the molecule is COc1ccc(NC2=CCC(OC)C=C2)cc1. The Labute approximate surface area is 102 Å². The zero-order chi connectivity index (χ0) is 12.1. The summed E-state index contributed by atoms with van der Waals surface area (Å²) in [6.45, 7) is 0. The molecule has 2 rings (SSSR count). The first-order valence-electron chi connectivity index (χ1n) is 5.64. The van der Waals surface area contributed by atoms with Crippen LogP contribution in [0.15, 0.2) is 48.2 Å². The lowest BCUT2D eigenvalue weighted by molar-refractivity contribution is 0.142. The van der Waals surface area contributed by atoms with E-state index in [1.54, 1.807) is 14.2 Å². The number of hydrogen-bond acceptors (Lipinski definition) is 3. The average Bonchev–Trinajstić information content (AvgIpc) is 2.40. The van der Waals surface area contributed by atoms with Gasteiger partial charge in [0.1, 0.15) is 5.75 Å². The third-order valence-corrected chi connectivity index (χ3v) is 2.74. The fourth-order valence-electron chi connectivity index (χ4n) is 1.71.